The lowest BCUT2D eigenvalue weighted by Crippen LogP contribution is -2.60. The molecule has 0 radical (unpaired) electrons. The maximum Gasteiger partial charge on any atom is 0.254 e. The van der Waals surface area contributed by atoms with Crippen LogP contribution in [0.25, 0.3) is 0 Å². The average molecular weight is 388 g/mol. The molecule has 2 atom stereocenters. The molecule has 28 heavy (non-hydrogen) atoms. The number of carbonyl (C=O) groups excluding carboxylic acids is 2. The van der Waals surface area contributed by atoms with Gasteiger partial charge in [-0.15, -0.1) is 0 Å². The molecule has 2 N–H and O–H groups in total. The van der Waals surface area contributed by atoms with Gasteiger partial charge in [-0.2, -0.15) is 0 Å². The van der Waals surface area contributed by atoms with E-state index in [4.69, 9.17) is 0 Å². The first-order valence-electron chi connectivity index (χ1n) is 10.4. The van der Waals surface area contributed by atoms with Crippen molar-refractivity contribution in [1.82, 2.24) is 15.1 Å². The summed E-state index contributed by atoms with van der Waals surface area (Å²) >= 11 is 0. The first-order valence-corrected chi connectivity index (χ1v) is 10.4. The second-order valence-corrected chi connectivity index (χ2v) is 8.48. The van der Waals surface area contributed by atoms with Crippen molar-refractivity contribution in [3.8, 4) is 0 Å². The van der Waals surface area contributed by atoms with Crippen molar-refractivity contribution in [2.24, 2.45) is 5.41 Å². The van der Waals surface area contributed by atoms with Gasteiger partial charge in [-0.25, -0.2) is 0 Å². The summed E-state index contributed by atoms with van der Waals surface area (Å²) in [6, 6.07) is 5.92. The molecule has 154 valence electrons. The van der Waals surface area contributed by atoms with Crippen LogP contribution in [0.2, 0.25) is 0 Å². The number of amides is 2. The van der Waals surface area contributed by atoms with E-state index in [0.29, 0.717) is 39.1 Å². The summed E-state index contributed by atoms with van der Waals surface area (Å²) in [5.41, 5.74) is 2.53. The highest BCUT2D eigenvalue weighted by Crippen LogP contribution is 2.39. The number of likely N-dealkylation sites (tertiary alicyclic amines) is 2. The number of aliphatic hydroxyl groups is 1. The van der Waals surface area contributed by atoms with E-state index < -0.39 is 6.10 Å². The summed E-state index contributed by atoms with van der Waals surface area (Å²) in [5, 5.41) is 13.7. The first kappa shape index (κ1) is 20.8. The van der Waals surface area contributed by atoms with Crippen molar-refractivity contribution in [2.75, 3.05) is 39.3 Å². The van der Waals surface area contributed by atoms with Crippen LogP contribution in [0, 0.1) is 19.3 Å². The fraction of sp³-hybridized carbons (Fsp3) is 0.636. The molecule has 1 aromatic carbocycles. The van der Waals surface area contributed by atoms with E-state index in [9.17, 15) is 14.7 Å². The zero-order valence-corrected chi connectivity index (χ0v) is 17.3. The lowest BCUT2D eigenvalue weighted by atomic mass is 9.71. The van der Waals surface area contributed by atoms with Gasteiger partial charge in [0.15, 0.2) is 0 Å². The summed E-state index contributed by atoms with van der Waals surface area (Å²) < 4.78 is 0. The Hall–Kier alpha value is -1.92. The quantitative estimate of drug-likeness (QED) is 0.825. The minimum atomic E-state index is -0.437. The molecular formula is C22H33N3O3. The van der Waals surface area contributed by atoms with E-state index in [2.05, 4.69) is 10.2 Å². The predicted octanol–water partition coefficient (Wildman–Crippen LogP) is 1.73. The predicted molar refractivity (Wildman–Crippen MR) is 109 cm³/mol. The van der Waals surface area contributed by atoms with E-state index in [1.54, 1.807) is 0 Å². The molecule has 2 fully saturated rings. The summed E-state index contributed by atoms with van der Waals surface area (Å²) in [6.45, 7) is 9.53. The lowest BCUT2D eigenvalue weighted by molar-refractivity contribution is -0.126. The van der Waals surface area contributed by atoms with E-state index >= 15 is 0 Å². The van der Waals surface area contributed by atoms with Crippen LogP contribution in [0.1, 0.15) is 47.7 Å². The molecule has 6 nitrogen and oxygen atoms in total. The molecule has 0 aliphatic carbocycles. The molecule has 1 unspecified atom stereocenters. The van der Waals surface area contributed by atoms with Gasteiger partial charge in [0.1, 0.15) is 0 Å². The minimum absolute atomic E-state index is 0.0214. The third-order valence-electron chi connectivity index (χ3n) is 6.21. The Morgan fingerprint density at radius 1 is 1.25 bits per heavy atom. The van der Waals surface area contributed by atoms with Crippen LogP contribution in [-0.4, -0.2) is 72.1 Å². The molecule has 0 aromatic heterocycles. The monoisotopic (exact) mass is 387 g/mol. The summed E-state index contributed by atoms with van der Waals surface area (Å²) in [7, 11) is 0. The number of likely N-dealkylation sites (N-methyl/N-ethyl adjacent to an activating group) is 1. The molecule has 2 heterocycles. The van der Waals surface area contributed by atoms with Gasteiger partial charge < -0.3 is 15.3 Å². The SMILES string of the molecule is CCNC(=O)CN1CCC(O)[C@]2(CCCN(C(=O)c3ccc(C)cc3C)C2)C1. The minimum Gasteiger partial charge on any atom is -0.392 e. The van der Waals surface area contributed by atoms with Gasteiger partial charge in [0, 0.05) is 43.7 Å². The van der Waals surface area contributed by atoms with Gasteiger partial charge in [-0.05, 0) is 51.7 Å². The maximum atomic E-state index is 13.2. The molecule has 2 aliphatic heterocycles. The van der Waals surface area contributed by atoms with Crippen molar-refractivity contribution in [2.45, 2.75) is 46.1 Å². The molecule has 2 saturated heterocycles. The van der Waals surface area contributed by atoms with Crippen molar-refractivity contribution in [1.29, 1.82) is 0 Å². The second kappa shape index (κ2) is 8.62. The van der Waals surface area contributed by atoms with Gasteiger partial charge in [-0.1, -0.05) is 17.7 Å². The van der Waals surface area contributed by atoms with Gasteiger partial charge >= 0.3 is 0 Å². The number of benzene rings is 1. The number of nitrogens with zero attached hydrogens (tertiary/aromatic N) is 2. The molecule has 2 amide bonds. The Kier molecular flexibility index (Phi) is 6.40. The Bertz CT molecular complexity index is 736. The van der Waals surface area contributed by atoms with Crippen LogP contribution < -0.4 is 5.32 Å². The summed E-state index contributed by atoms with van der Waals surface area (Å²) in [4.78, 5) is 29.2. The molecule has 2 aliphatic rings. The molecule has 3 rings (SSSR count). The highest BCUT2D eigenvalue weighted by atomic mass is 16.3. The smallest absolute Gasteiger partial charge is 0.254 e. The molecule has 1 aromatic rings. The fourth-order valence-electron chi connectivity index (χ4n) is 4.79. The fourth-order valence-corrected chi connectivity index (χ4v) is 4.79. The molecular weight excluding hydrogens is 354 g/mol. The van der Waals surface area contributed by atoms with Crippen LogP contribution >= 0.6 is 0 Å². The second-order valence-electron chi connectivity index (χ2n) is 8.48. The van der Waals surface area contributed by atoms with Crippen molar-refractivity contribution in [3.63, 3.8) is 0 Å². The number of aliphatic hydroxyl groups excluding tert-OH is 1. The number of nitrogens with one attached hydrogen (secondary N) is 1. The van der Waals surface area contributed by atoms with Crippen molar-refractivity contribution >= 4 is 11.8 Å². The highest BCUT2D eigenvalue weighted by Gasteiger charge is 2.46. The van der Waals surface area contributed by atoms with Gasteiger partial charge in [0.2, 0.25) is 5.91 Å². The van der Waals surface area contributed by atoms with E-state index in [-0.39, 0.29) is 17.2 Å². The van der Waals surface area contributed by atoms with Crippen molar-refractivity contribution < 1.29 is 14.7 Å². The average Bonchev–Trinajstić information content (AvgIpc) is 2.65. The topological polar surface area (TPSA) is 72.9 Å². The normalized spacial score (nSPS) is 25.7. The largest absolute Gasteiger partial charge is 0.392 e. The molecule has 0 bridgehead atoms. The van der Waals surface area contributed by atoms with Crippen LogP contribution in [-0.2, 0) is 4.79 Å². The van der Waals surface area contributed by atoms with Gasteiger partial charge in [0.25, 0.3) is 5.91 Å². The maximum absolute atomic E-state index is 13.2. The standard InChI is InChI=1S/C22H33N3O3/c1-4-23-20(27)13-24-11-8-19(26)22(14-24)9-5-10-25(15-22)21(28)18-7-6-16(2)12-17(18)3/h6-7,12,19,26H,4-5,8-11,13-15H2,1-3H3,(H,23,27)/t19?,22-/m1/s1. The van der Waals surface area contributed by atoms with Crippen molar-refractivity contribution in [3.05, 3.63) is 34.9 Å². The number of aryl methyl sites for hydroxylation is 2. The Morgan fingerprint density at radius 3 is 2.75 bits per heavy atom. The zero-order valence-electron chi connectivity index (χ0n) is 17.3. The van der Waals surface area contributed by atoms with Gasteiger partial charge in [-0.3, -0.25) is 14.5 Å². The summed E-state index contributed by atoms with van der Waals surface area (Å²) in [6.07, 6.45) is 1.97. The number of hydrogen-bond donors (Lipinski definition) is 2. The first-order chi connectivity index (χ1) is 13.3. The molecule has 1 spiro atoms. The number of piperidine rings is 2. The van der Waals surface area contributed by atoms with Crippen LogP contribution in [0.5, 0.6) is 0 Å². The van der Waals surface area contributed by atoms with E-state index in [0.717, 1.165) is 36.1 Å². The summed E-state index contributed by atoms with van der Waals surface area (Å²) in [5.74, 6) is 0.0673. The number of hydrogen-bond acceptors (Lipinski definition) is 4. The third kappa shape index (κ3) is 4.39. The molecule has 6 heteroatoms. The number of carbonyl (C=O) groups is 2. The van der Waals surface area contributed by atoms with Crippen LogP contribution in [0.4, 0.5) is 0 Å². The van der Waals surface area contributed by atoms with Crippen LogP contribution in [0.3, 0.4) is 0 Å². The van der Waals surface area contributed by atoms with Gasteiger partial charge in [0.05, 0.1) is 12.6 Å². The third-order valence-corrected chi connectivity index (χ3v) is 6.21. The van der Waals surface area contributed by atoms with E-state index in [1.165, 1.54) is 0 Å². The Balaban J connectivity index is 1.74. The van der Waals surface area contributed by atoms with E-state index in [1.807, 2.05) is 43.9 Å². The zero-order chi connectivity index (χ0) is 20.3. The Labute approximate surface area is 167 Å². The molecule has 0 saturated carbocycles. The Morgan fingerprint density at radius 2 is 2.04 bits per heavy atom. The highest BCUT2D eigenvalue weighted by molar-refractivity contribution is 5.95. The number of rotatable bonds is 4. The lowest BCUT2D eigenvalue weighted by Gasteiger charge is -2.51. The van der Waals surface area contributed by atoms with Crippen LogP contribution in [0.15, 0.2) is 18.2 Å².